The lowest BCUT2D eigenvalue weighted by atomic mass is 10.2. The van der Waals surface area contributed by atoms with E-state index in [0.29, 0.717) is 36.7 Å². The molecule has 2 aliphatic rings. The first-order valence-electron chi connectivity index (χ1n) is 8.81. The summed E-state index contributed by atoms with van der Waals surface area (Å²) in [5.41, 5.74) is 1.59. The first-order chi connectivity index (χ1) is 13.2. The summed E-state index contributed by atoms with van der Waals surface area (Å²) >= 11 is 0. The molecule has 3 amide bonds. The number of carbonyl (C=O) groups is 2. The van der Waals surface area contributed by atoms with E-state index in [1.54, 1.807) is 35.5 Å². The second kappa shape index (κ2) is 7.53. The second-order valence-corrected chi connectivity index (χ2v) is 6.54. The van der Waals surface area contributed by atoms with Gasteiger partial charge in [-0.2, -0.15) is 0 Å². The largest absolute Gasteiger partial charge is 0.454 e. The van der Waals surface area contributed by atoms with Gasteiger partial charge >= 0.3 is 6.03 Å². The van der Waals surface area contributed by atoms with Crippen LogP contribution in [0.25, 0.3) is 0 Å². The molecule has 0 unspecified atom stereocenters. The summed E-state index contributed by atoms with van der Waals surface area (Å²) in [6.07, 6.45) is 4.61. The Hall–Kier alpha value is -3.29. The molecule has 1 atom stereocenters. The Balaban J connectivity index is 1.48. The number of carbonyl (C=O) groups excluding carboxylic acids is 2. The summed E-state index contributed by atoms with van der Waals surface area (Å²) < 4.78 is 10.6. The molecule has 1 aromatic carbocycles. The predicted octanol–water partition coefficient (Wildman–Crippen LogP) is 2.12. The summed E-state index contributed by atoms with van der Waals surface area (Å²) in [7, 11) is 0. The first kappa shape index (κ1) is 17.1. The van der Waals surface area contributed by atoms with E-state index in [1.807, 2.05) is 12.1 Å². The van der Waals surface area contributed by atoms with E-state index in [-0.39, 0.29) is 24.8 Å². The van der Waals surface area contributed by atoms with Crippen molar-refractivity contribution in [2.45, 2.75) is 25.4 Å². The van der Waals surface area contributed by atoms with Gasteiger partial charge in [-0.25, -0.2) is 4.79 Å². The summed E-state index contributed by atoms with van der Waals surface area (Å²) in [6.45, 7) is 1.04. The third-order valence-corrected chi connectivity index (χ3v) is 4.56. The van der Waals surface area contributed by atoms with Crippen LogP contribution in [0.3, 0.4) is 0 Å². The Morgan fingerprint density at radius 1 is 1.22 bits per heavy atom. The van der Waals surface area contributed by atoms with E-state index in [9.17, 15) is 9.59 Å². The van der Waals surface area contributed by atoms with Crippen LogP contribution in [-0.4, -0.2) is 41.2 Å². The minimum atomic E-state index is -0.244. The van der Waals surface area contributed by atoms with E-state index in [4.69, 9.17) is 9.47 Å². The van der Waals surface area contributed by atoms with Gasteiger partial charge < -0.3 is 25.0 Å². The van der Waals surface area contributed by atoms with Gasteiger partial charge in [0.25, 0.3) is 0 Å². The highest BCUT2D eigenvalue weighted by Crippen LogP contribution is 2.34. The molecule has 4 rings (SSSR count). The lowest BCUT2D eigenvalue weighted by Crippen LogP contribution is -2.43. The van der Waals surface area contributed by atoms with E-state index >= 15 is 0 Å². The number of nitrogens with zero attached hydrogens (tertiary/aromatic N) is 2. The predicted molar refractivity (Wildman–Crippen MR) is 97.4 cm³/mol. The van der Waals surface area contributed by atoms with Crippen molar-refractivity contribution in [3.8, 4) is 11.5 Å². The normalized spacial score (nSPS) is 17.5. The molecule has 2 N–H and O–H groups in total. The van der Waals surface area contributed by atoms with Gasteiger partial charge in [0.1, 0.15) is 0 Å². The number of ether oxygens (including phenoxy) is 2. The number of hydrogen-bond donors (Lipinski definition) is 2. The first-order valence-corrected chi connectivity index (χ1v) is 8.81. The lowest BCUT2D eigenvalue weighted by molar-refractivity contribution is -0.119. The van der Waals surface area contributed by atoms with Crippen LogP contribution in [0.4, 0.5) is 10.5 Å². The molecule has 0 spiro atoms. The third kappa shape index (κ3) is 4.11. The van der Waals surface area contributed by atoms with Crippen LogP contribution >= 0.6 is 0 Å². The summed E-state index contributed by atoms with van der Waals surface area (Å²) in [5.74, 6) is 1.30. The van der Waals surface area contributed by atoms with E-state index in [0.717, 1.165) is 12.0 Å². The molecule has 2 aromatic rings. The quantitative estimate of drug-likeness (QED) is 0.843. The van der Waals surface area contributed by atoms with Crippen molar-refractivity contribution < 1.29 is 19.1 Å². The smallest absolute Gasteiger partial charge is 0.322 e. The number of urea groups is 1. The molecule has 140 valence electrons. The number of amides is 3. The maximum Gasteiger partial charge on any atom is 0.322 e. The Morgan fingerprint density at radius 3 is 2.81 bits per heavy atom. The topological polar surface area (TPSA) is 92.8 Å². The molecule has 8 heteroatoms. The van der Waals surface area contributed by atoms with Crippen molar-refractivity contribution in [2.24, 2.45) is 0 Å². The fourth-order valence-electron chi connectivity index (χ4n) is 3.18. The Morgan fingerprint density at radius 2 is 2.04 bits per heavy atom. The Bertz CT molecular complexity index is 843. The standard InChI is InChI=1S/C19H20N4O4/c24-18-4-2-15(21-18)11-23(10-13-5-7-20-8-6-13)19(25)22-14-1-3-16-17(9-14)27-12-26-16/h1,3,5-9,15H,2,4,10-12H2,(H,21,24)(H,22,25)/t15-/m0/s1. The molecular weight excluding hydrogens is 348 g/mol. The zero-order chi connectivity index (χ0) is 18.6. The summed E-state index contributed by atoms with van der Waals surface area (Å²) in [6, 6.07) is 8.73. The van der Waals surface area contributed by atoms with Crippen molar-refractivity contribution in [2.75, 3.05) is 18.7 Å². The van der Waals surface area contributed by atoms with Crippen molar-refractivity contribution in [3.63, 3.8) is 0 Å². The van der Waals surface area contributed by atoms with Gasteiger partial charge in [0.05, 0.1) is 0 Å². The Labute approximate surface area is 156 Å². The number of nitrogens with one attached hydrogen (secondary N) is 2. The highest BCUT2D eigenvalue weighted by molar-refractivity contribution is 5.90. The SMILES string of the molecule is O=C1CC[C@@H](CN(Cc2ccncc2)C(=O)Nc2ccc3c(c2)OCO3)N1. The van der Waals surface area contributed by atoms with Crippen LogP contribution in [0.1, 0.15) is 18.4 Å². The average Bonchev–Trinajstić information content (AvgIpc) is 3.30. The summed E-state index contributed by atoms with van der Waals surface area (Å²) in [4.78, 5) is 30.1. The van der Waals surface area contributed by atoms with Gasteiger partial charge in [0.15, 0.2) is 11.5 Å². The van der Waals surface area contributed by atoms with Crippen LogP contribution < -0.4 is 20.1 Å². The number of anilines is 1. The van der Waals surface area contributed by atoms with E-state index in [2.05, 4.69) is 15.6 Å². The molecular formula is C19H20N4O4. The summed E-state index contributed by atoms with van der Waals surface area (Å²) in [5, 5.41) is 5.81. The van der Waals surface area contributed by atoms with Gasteiger partial charge in [-0.3, -0.25) is 9.78 Å². The molecule has 0 aliphatic carbocycles. The zero-order valence-corrected chi connectivity index (χ0v) is 14.7. The maximum atomic E-state index is 12.9. The molecule has 1 aromatic heterocycles. The second-order valence-electron chi connectivity index (χ2n) is 6.54. The molecule has 1 fully saturated rings. The van der Waals surface area contributed by atoms with Crippen molar-refractivity contribution in [1.82, 2.24) is 15.2 Å². The van der Waals surface area contributed by atoms with Crippen LogP contribution in [0.15, 0.2) is 42.7 Å². The molecule has 1 saturated heterocycles. The minimum absolute atomic E-state index is 0.0278. The molecule has 0 saturated carbocycles. The minimum Gasteiger partial charge on any atom is -0.454 e. The number of fused-ring (bicyclic) bond motifs is 1. The molecule has 27 heavy (non-hydrogen) atoms. The van der Waals surface area contributed by atoms with Crippen LogP contribution in [0, 0.1) is 0 Å². The number of hydrogen-bond acceptors (Lipinski definition) is 5. The van der Waals surface area contributed by atoms with E-state index < -0.39 is 0 Å². The number of rotatable bonds is 5. The van der Waals surface area contributed by atoms with Gasteiger partial charge in [0, 0.05) is 49.7 Å². The molecule has 0 bridgehead atoms. The highest BCUT2D eigenvalue weighted by Gasteiger charge is 2.26. The van der Waals surface area contributed by atoms with Gasteiger partial charge in [-0.05, 0) is 36.2 Å². The third-order valence-electron chi connectivity index (χ3n) is 4.56. The molecule has 8 nitrogen and oxygen atoms in total. The van der Waals surface area contributed by atoms with E-state index in [1.165, 1.54) is 0 Å². The monoisotopic (exact) mass is 368 g/mol. The van der Waals surface area contributed by atoms with Crippen molar-refractivity contribution >= 4 is 17.6 Å². The highest BCUT2D eigenvalue weighted by atomic mass is 16.7. The van der Waals surface area contributed by atoms with Crippen molar-refractivity contribution in [1.29, 1.82) is 0 Å². The van der Waals surface area contributed by atoms with Crippen LogP contribution in [0.2, 0.25) is 0 Å². The fraction of sp³-hybridized carbons (Fsp3) is 0.316. The lowest BCUT2D eigenvalue weighted by Gasteiger charge is -2.26. The molecule has 2 aliphatic heterocycles. The number of aromatic nitrogens is 1. The molecule has 0 radical (unpaired) electrons. The van der Waals surface area contributed by atoms with Crippen molar-refractivity contribution in [3.05, 3.63) is 48.3 Å². The average molecular weight is 368 g/mol. The molecule has 3 heterocycles. The van der Waals surface area contributed by atoms with Crippen LogP contribution in [-0.2, 0) is 11.3 Å². The van der Waals surface area contributed by atoms with Gasteiger partial charge in [-0.1, -0.05) is 0 Å². The Kier molecular flexibility index (Phi) is 4.78. The fourth-order valence-corrected chi connectivity index (χ4v) is 3.18. The number of pyridine rings is 1. The zero-order valence-electron chi connectivity index (χ0n) is 14.7. The number of benzene rings is 1. The van der Waals surface area contributed by atoms with Gasteiger partial charge in [0.2, 0.25) is 12.7 Å². The maximum absolute atomic E-state index is 12.9. The van der Waals surface area contributed by atoms with Gasteiger partial charge in [-0.15, -0.1) is 0 Å². The van der Waals surface area contributed by atoms with Crippen LogP contribution in [0.5, 0.6) is 11.5 Å².